The number of fused-ring (bicyclic) bond motifs is 1. The molecule has 4 bridgehead atoms. The molecule has 2 heterocycles. The Bertz CT molecular complexity index is 1130. The third-order valence-electron chi connectivity index (χ3n) is 7.65. The predicted octanol–water partition coefficient (Wildman–Crippen LogP) is 5.60. The molecule has 7 rings (SSSR count). The topological polar surface area (TPSA) is 46.4 Å². The molecule has 2 aromatic heterocycles. The molecule has 1 amide bonds. The van der Waals surface area contributed by atoms with E-state index in [9.17, 15) is 9.18 Å². The number of carbonyl (C=O) groups excluding carboxylic acids is 1. The maximum absolute atomic E-state index is 14.7. The van der Waals surface area contributed by atoms with Gasteiger partial charge in [-0.05, 0) is 87.0 Å². The van der Waals surface area contributed by atoms with E-state index in [2.05, 4.69) is 5.32 Å². The quantitative estimate of drug-likeness (QED) is 0.618. The molecule has 0 atom stereocenters. The summed E-state index contributed by atoms with van der Waals surface area (Å²) in [6, 6.07) is 10.5. The van der Waals surface area contributed by atoms with Crippen molar-refractivity contribution in [1.29, 1.82) is 0 Å². The predicted molar refractivity (Wildman–Crippen MR) is 115 cm³/mol. The average molecular weight is 404 g/mol. The van der Waals surface area contributed by atoms with Gasteiger partial charge in [-0.3, -0.25) is 9.20 Å². The summed E-state index contributed by atoms with van der Waals surface area (Å²) in [6.45, 7) is 2.01. The maximum Gasteiger partial charge on any atom is 0.231 e. The van der Waals surface area contributed by atoms with E-state index in [1.807, 2.05) is 29.7 Å². The molecule has 4 saturated carbocycles. The zero-order valence-corrected chi connectivity index (χ0v) is 17.2. The van der Waals surface area contributed by atoms with Crippen molar-refractivity contribution in [1.82, 2.24) is 9.38 Å². The van der Waals surface area contributed by atoms with Crippen molar-refractivity contribution in [2.45, 2.75) is 45.4 Å². The van der Waals surface area contributed by atoms with Gasteiger partial charge in [0.1, 0.15) is 23.0 Å². The molecule has 3 aromatic rings. The summed E-state index contributed by atoms with van der Waals surface area (Å²) in [4.78, 5) is 18.4. The van der Waals surface area contributed by atoms with Gasteiger partial charge in [-0.2, -0.15) is 0 Å². The van der Waals surface area contributed by atoms with Crippen LogP contribution >= 0.6 is 0 Å². The first-order valence-corrected chi connectivity index (χ1v) is 11.1. The van der Waals surface area contributed by atoms with Gasteiger partial charge in [-0.15, -0.1) is 0 Å². The number of amides is 1. The number of benzene rings is 1. The molecule has 4 nitrogen and oxygen atoms in total. The van der Waals surface area contributed by atoms with Crippen LogP contribution in [0.15, 0.2) is 42.6 Å². The van der Waals surface area contributed by atoms with E-state index in [-0.39, 0.29) is 17.1 Å². The molecule has 0 spiro atoms. The van der Waals surface area contributed by atoms with Gasteiger partial charge in [-0.1, -0.05) is 18.2 Å². The molecule has 0 aliphatic heterocycles. The van der Waals surface area contributed by atoms with Gasteiger partial charge >= 0.3 is 0 Å². The Labute approximate surface area is 175 Å². The number of hydrogen-bond acceptors (Lipinski definition) is 2. The molecule has 4 aliphatic carbocycles. The third kappa shape index (κ3) is 2.71. The standard InChI is InChI=1S/C25H26FN3O/c1-15-6-7-21-27-22(19-4-2-3-5-20(19)26)23(29(21)14-15)28-24(30)25-11-16-8-17(12-25)10-18(9-16)13-25/h2-7,14,16-18H,8-13H2,1H3,(H,28,30). The lowest BCUT2D eigenvalue weighted by molar-refractivity contribution is -0.140. The highest BCUT2D eigenvalue weighted by Crippen LogP contribution is 2.60. The van der Waals surface area contributed by atoms with Crippen molar-refractivity contribution in [3.05, 3.63) is 54.0 Å². The maximum atomic E-state index is 14.7. The van der Waals surface area contributed by atoms with Crippen molar-refractivity contribution in [2.75, 3.05) is 5.32 Å². The summed E-state index contributed by atoms with van der Waals surface area (Å²) in [5.41, 5.74) is 2.41. The van der Waals surface area contributed by atoms with Gasteiger partial charge < -0.3 is 5.32 Å². The highest BCUT2D eigenvalue weighted by atomic mass is 19.1. The number of halogens is 1. The molecule has 0 saturated heterocycles. The van der Waals surface area contributed by atoms with Gasteiger partial charge in [0, 0.05) is 11.8 Å². The highest BCUT2D eigenvalue weighted by molar-refractivity contribution is 5.98. The van der Waals surface area contributed by atoms with Crippen LogP contribution in [0.3, 0.4) is 0 Å². The minimum atomic E-state index is -0.331. The fourth-order valence-electron chi connectivity index (χ4n) is 6.74. The van der Waals surface area contributed by atoms with E-state index in [0.717, 1.165) is 24.8 Å². The lowest BCUT2D eigenvalue weighted by atomic mass is 9.49. The van der Waals surface area contributed by atoms with Gasteiger partial charge in [0.05, 0.1) is 5.41 Å². The number of hydrogen-bond donors (Lipinski definition) is 1. The number of pyridine rings is 1. The van der Waals surface area contributed by atoms with Crippen LogP contribution in [0.4, 0.5) is 10.2 Å². The minimum absolute atomic E-state index is 0.0995. The number of imidazole rings is 1. The van der Waals surface area contributed by atoms with Crippen LogP contribution in [0, 0.1) is 35.9 Å². The van der Waals surface area contributed by atoms with Crippen LogP contribution in [0.25, 0.3) is 16.9 Å². The summed E-state index contributed by atoms with van der Waals surface area (Å²) in [6.07, 6.45) is 8.83. The molecule has 1 N–H and O–H groups in total. The normalized spacial score (nSPS) is 29.5. The number of anilines is 1. The van der Waals surface area contributed by atoms with Crippen molar-refractivity contribution in [3.63, 3.8) is 0 Å². The number of aromatic nitrogens is 2. The van der Waals surface area contributed by atoms with Gasteiger partial charge in [0.15, 0.2) is 0 Å². The van der Waals surface area contributed by atoms with E-state index in [1.165, 1.54) is 25.3 Å². The second-order valence-electron chi connectivity index (χ2n) is 9.88. The fourth-order valence-corrected chi connectivity index (χ4v) is 6.74. The zero-order chi connectivity index (χ0) is 20.5. The highest BCUT2D eigenvalue weighted by Gasteiger charge is 2.54. The van der Waals surface area contributed by atoms with Crippen molar-refractivity contribution in [2.24, 2.45) is 23.2 Å². The van der Waals surface area contributed by atoms with E-state index in [1.54, 1.807) is 18.2 Å². The molecule has 1 aromatic carbocycles. The molecular formula is C25H26FN3O. The second kappa shape index (κ2) is 6.40. The number of carbonyl (C=O) groups is 1. The Hall–Kier alpha value is -2.69. The number of nitrogens with zero attached hydrogens (tertiary/aromatic N) is 2. The van der Waals surface area contributed by atoms with E-state index in [0.29, 0.717) is 40.5 Å². The Balaban J connectivity index is 1.44. The van der Waals surface area contributed by atoms with Crippen LogP contribution in [0.1, 0.15) is 44.1 Å². The molecule has 4 aliphatic rings. The summed E-state index contributed by atoms with van der Waals surface area (Å²) in [7, 11) is 0. The zero-order valence-electron chi connectivity index (χ0n) is 17.2. The van der Waals surface area contributed by atoms with Gasteiger partial charge in [-0.25, -0.2) is 9.37 Å². The van der Waals surface area contributed by atoms with E-state index >= 15 is 0 Å². The van der Waals surface area contributed by atoms with Gasteiger partial charge in [0.25, 0.3) is 0 Å². The molecule has 4 fully saturated rings. The molecular weight excluding hydrogens is 377 g/mol. The van der Waals surface area contributed by atoms with E-state index < -0.39 is 0 Å². The van der Waals surface area contributed by atoms with Crippen molar-refractivity contribution in [3.8, 4) is 11.3 Å². The van der Waals surface area contributed by atoms with E-state index in [4.69, 9.17) is 4.98 Å². The summed E-state index contributed by atoms with van der Waals surface area (Å²) in [5.74, 6) is 2.43. The fraction of sp³-hybridized carbons (Fsp3) is 0.440. The molecule has 5 heteroatoms. The van der Waals surface area contributed by atoms with Crippen LogP contribution in [-0.2, 0) is 4.79 Å². The SMILES string of the molecule is Cc1ccc2nc(-c3ccccc3F)c(NC(=O)C34CC5CC(CC(C5)C3)C4)n2c1. The first-order chi connectivity index (χ1) is 14.5. The lowest BCUT2D eigenvalue weighted by Crippen LogP contribution is -2.51. The average Bonchev–Trinajstić information content (AvgIpc) is 3.05. The molecule has 30 heavy (non-hydrogen) atoms. The van der Waals surface area contributed by atoms with Crippen LogP contribution in [0.2, 0.25) is 0 Å². The molecule has 154 valence electrons. The first-order valence-electron chi connectivity index (χ1n) is 11.1. The van der Waals surface area contributed by atoms with Crippen LogP contribution < -0.4 is 5.32 Å². The largest absolute Gasteiger partial charge is 0.309 e. The Kier molecular flexibility index (Phi) is 3.86. The summed E-state index contributed by atoms with van der Waals surface area (Å²) < 4.78 is 16.6. The van der Waals surface area contributed by atoms with Crippen molar-refractivity contribution < 1.29 is 9.18 Å². The van der Waals surface area contributed by atoms with Crippen LogP contribution in [0.5, 0.6) is 0 Å². The number of nitrogens with one attached hydrogen (secondary N) is 1. The Morgan fingerprint density at radius 3 is 2.40 bits per heavy atom. The monoisotopic (exact) mass is 403 g/mol. The van der Waals surface area contributed by atoms with Crippen LogP contribution in [-0.4, -0.2) is 15.3 Å². The molecule has 0 radical (unpaired) electrons. The Morgan fingerprint density at radius 2 is 1.73 bits per heavy atom. The van der Waals surface area contributed by atoms with Crippen molar-refractivity contribution >= 4 is 17.4 Å². The lowest BCUT2D eigenvalue weighted by Gasteiger charge is -2.55. The Morgan fingerprint density at radius 1 is 1.07 bits per heavy atom. The summed E-state index contributed by atoms with van der Waals surface area (Å²) in [5, 5.41) is 3.24. The molecule has 0 unspecified atom stereocenters. The smallest absolute Gasteiger partial charge is 0.231 e. The minimum Gasteiger partial charge on any atom is -0.309 e. The third-order valence-corrected chi connectivity index (χ3v) is 7.65. The number of aryl methyl sites for hydroxylation is 1. The number of rotatable bonds is 3. The summed E-state index contributed by atoms with van der Waals surface area (Å²) >= 11 is 0. The van der Waals surface area contributed by atoms with Gasteiger partial charge in [0.2, 0.25) is 5.91 Å². The second-order valence-corrected chi connectivity index (χ2v) is 9.88. The first kappa shape index (κ1) is 18.1.